The summed E-state index contributed by atoms with van der Waals surface area (Å²) in [6.07, 6.45) is 4.30. The molecule has 0 radical (unpaired) electrons. The number of nitrogens with zero attached hydrogens (tertiary/aromatic N) is 5. The highest BCUT2D eigenvalue weighted by Crippen LogP contribution is 2.30. The molecule has 0 N–H and O–H groups in total. The Hall–Kier alpha value is -3.23. The number of carbonyl (C=O) groups excluding carboxylic acids is 1. The lowest BCUT2D eigenvalue weighted by Gasteiger charge is -2.33. The van der Waals surface area contributed by atoms with E-state index in [2.05, 4.69) is 15.1 Å². The Balaban J connectivity index is 1.48. The summed E-state index contributed by atoms with van der Waals surface area (Å²) in [7, 11) is 0. The summed E-state index contributed by atoms with van der Waals surface area (Å²) >= 11 is 0. The third kappa shape index (κ3) is 4.34. The van der Waals surface area contributed by atoms with Gasteiger partial charge in [-0.1, -0.05) is 0 Å². The van der Waals surface area contributed by atoms with Crippen molar-refractivity contribution in [1.82, 2.24) is 24.6 Å². The zero-order chi connectivity index (χ0) is 21.3. The third-order valence-corrected chi connectivity index (χ3v) is 4.84. The van der Waals surface area contributed by atoms with Gasteiger partial charge < -0.3 is 14.4 Å². The number of halogens is 1. The largest absolute Gasteiger partial charge is 0.444 e. The number of hydrogen-bond acceptors (Lipinski definition) is 6. The van der Waals surface area contributed by atoms with Gasteiger partial charge >= 0.3 is 6.09 Å². The Morgan fingerprint density at radius 2 is 1.83 bits per heavy atom. The maximum absolute atomic E-state index is 13.1. The minimum absolute atomic E-state index is 0.106. The number of likely N-dealkylation sites (tertiary alicyclic amines) is 1. The minimum atomic E-state index is -0.510. The first-order chi connectivity index (χ1) is 14.3. The Bertz CT molecular complexity index is 1040. The van der Waals surface area contributed by atoms with Crippen molar-refractivity contribution in [1.29, 1.82) is 0 Å². The predicted molar refractivity (Wildman–Crippen MR) is 108 cm³/mol. The molecule has 0 bridgehead atoms. The lowest BCUT2D eigenvalue weighted by Crippen LogP contribution is -2.42. The van der Waals surface area contributed by atoms with Gasteiger partial charge in [-0.25, -0.2) is 23.8 Å². The monoisotopic (exact) mass is 413 g/mol. The van der Waals surface area contributed by atoms with Gasteiger partial charge in [0.2, 0.25) is 5.88 Å². The maximum atomic E-state index is 13.1. The molecule has 0 saturated carbocycles. The number of piperidine rings is 1. The minimum Gasteiger partial charge on any atom is -0.444 e. The Morgan fingerprint density at radius 1 is 1.13 bits per heavy atom. The topological polar surface area (TPSA) is 82.4 Å². The van der Waals surface area contributed by atoms with E-state index in [9.17, 15) is 9.18 Å². The average molecular weight is 413 g/mol. The lowest BCUT2D eigenvalue weighted by atomic mass is 10.1. The van der Waals surface area contributed by atoms with Gasteiger partial charge in [0.1, 0.15) is 28.9 Å². The molecule has 1 aliphatic rings. The summed E-state index contributed by atoms with van der Waals surface area (Å²) < 4.78 is 26.2. The molecule has 1 aliphatic heterocycles. The molecule has 158 valence electrons. The zero-order valence-electron chi connectivity index (χ0n) is 17.2. The zero-order valence-corrected chi connectivity index (χ0v) is 17.2. The van der Waals surface area contributed by atoms with Crippen LogP contribution in [0.4, 0.5) is 9.18 Å². The molecule has 1 saturated heterocycles. The van der Waals surface area contributed by atoms with E-state index in [0.717, 1.165) is 12.8 Å². The van der Waals surface area contributed by atoms with Crippen LogP contribution in [0, 0.1) is 5.82 Å². The van der Waals surface area contributed by atoms with E-state index in [4.69, 9.17) is 9.47 Å². The van der Waals surface area contributed by atoms with E-state index in [1.165, 1.54) is 18.5 Å². The van der Waals surface area contributed by atoms with Crippen LogP contribution in [0.1, 0.15) is 39.7 Å². The van der Waals surface area contributed by atoms with Crippen molar-refractivity contribution in [3.63, 3.8) is 0 Å². The van der Waals surface area contributed by atoms with Crippen LogP contribution in [0.15, 0.2) is 36.8 Å². The highest BCUT2D eigenvalue weighted by Gasteiger charge is 2.29. The lowest BCUT2D eigenvalue weighted by molar-refractivity contribution is 0.0186. The molecule has 1 fully saturated rings. The van der Waals surface area contributed by atoms with Crippen molar-refractivity contribution in [2.24, 2.45) is 0 Å². The van der Waals surface area contributed by atoms with E-state index >= 15 is 0 Å². The molecular formula is C21H24FN5O3. The van der Waals surface area contributed by atoms with Crippen molar-refractivity contribution < 1.29 is 18.7 Å². The van der Waals surface area contributed by atoms with Crippen molar-refractivity contribution in [3.05, 3.63) is 42.6 Å². The van der Waals surface area contributed by atoms with Gasteiger partial charge in [-0.2, -0.15) is 5.10 Å². The van der Waals surface area contributed by atoms with Crippen molar-refractivity contribution in [2.45, 2.75) is 45.3 Å². The van der Waals surface area contributed by atoms with Crippen LogP contribution < -0.4 is 4.74 Å². The quantitative estimate of drug-likeness (QED) is 0.636. The SMILES string of the molecule is CC(C)(C)OC(=O)N1CCC(n2ncc3c(Oc4ccc(F)cc4)ncnc32)CC1. The van der Waals surface area contributed by atoms with Crippen LogP contribution in [0.5, 0.6) is 11.6 Å². The van der Waals surface area contributed by atoms with E-state index in [0.29, 0.717) is 35.8 Å². The smallest absolute Gasteiger partial charge is 0.410 e. The second-order valence-corrected chi connectivity index (χ2v) is 8.26. The third-order valence-electron chi connectivity index (χ3n) is 4.84. The van der Waals surface area contributed by atoms with Crippen molar-refractivity contribution >= 4 is 17.1 Å². The predicted octanol–water partition coefficient (Wildman–Crippen LogP) is 4.33. The Labute approximate surface area is 173 Å². The fraction of sp³-hybridized carbons (Fsp3) is 0.429. The molecule has 1 amide bonds. The summed E-state index contributed by atoms with van der Waals surface area (Å²) in [5, 5.41) is 5.18. The summed E-state index contributed by atoms with van der Waals surface area (Å²) in [4.78, 5) is 22.6. The molecule has 3 aromatic rings. The Morgan fingerprint density at radius 3 is 2.50 bits per heavy atom. The van der Waals surface area contributed by atoms with Gasteiger partial charge in [0.05, 0.1) is 12.2 Å². The number of hydrogen-bond donors (Lipinski definition) is 0. The number of ether oxygens (including phenoxy) is 2. The van der Waals surface area contributed by atoms with Gasteiger partial charge in [-0.15, -0.1) is 0 Å². The number of rotatable bonds is 3. The number of amides is 1. The summed E-state index contributed by atoms with van der Waals surface area (Å²) in [5.41, 5.74) is 0.155. The summed E-state index contributed by atoms with van der Waals surface area (Å²) in [5.74, 6) is 0.514. The van der Waals surface area contributed by atoms with Gasteiger partial charge in [0, 0.05) is 13.1 Å². The van der Waals surface area contributed by atoms with Crippen molar-refractivity contribution in [3.8, 4) is 11.6 Å². The van der Waals surface area contributed by atoms with Crippen molar-refractivity contribution in [2.75, 3.05) is 13.1 Å². The van der Waals surface area contributed by atoms with Crippen LogP contribution >= 0.6 is 0 Å². The van der Waals surface area contributed by atoms with E-state index in [1.807, 2.05) is 25.5 Å². The second-order valence-electron chi connectivity index (χ2n) is 8.26. The first kappa shape index (κ1) is 20.1. The molecule has 9 heteroatoms. The molecule has 0 unspecified atom stereocenters. The van der Waals surface area contributed by atoms with E-state index < -0.39 is 5.60 Å². The normalized spacial score (nSPS) is 15.4. The number of aromatic nitrogens is 4. The van der Waals surface area contributed by atoms with Gasteiger partial charge in [0.25, 0.3) is 0 Å². The molecule has 2 aromatic heterocycles. The summed E-state index contributed by atoms with van der Waals surface area (Å²) in [6.45, 7) is 6.76. The standard InChI is InChI=1S/C21H24FN5O3/c1-21(2,3)30-20(28)26-10-8-15(9-11-26)27-18-17(12-25-27)19(24-13-23-18)29-16-6-4-14(22)5-7-16/h4-7,12-13,15H,8-11H2,1-3H3. The van der Waals surface area contributed by atoms with Gasteiger partial charge in [0.15, 0.2) is 5.65 Å². The molecule has 0 atom stereocenters. The molecule has 0 aliphatic carbocycles. The average Bonchev–Trinajstić information content (AvgIpc) is 3.14. The molecule has 0 spiro atoms. The van der Waals surface area contributed by atoms with Crippen LogP contribution in [0.3, 0.4) is 0 Å². The van der Waals surface area contributed by atoms with Crippen LogP contribution in [-0.2, 0) is 4.74 Å². The van der Waals surface area contributed by atoms with Gasteiger partial charge in [-0.05, 0) is 57.9 Å². The first-order valence-corrected chi connectivity index (χ1v) is 9.90. The van der Waals surface area contributed by atoms with Gasteiger partial charge in [-0.3, -0.25) is 0 Å². The molecule has 4 rings (SSSR count). The number of benzene rings is 1. The molecular weight excluding hydrogens is 389 g/mol. The first-order valence-electron chi connectivity index (χ1n) is 9.90. The van der Waals surface area contributed by atoms with E-state index in [-0.39, 0.29) is 18.0 Å². The van der Waals surface area contributed by atoms with Crippen LogP contribution in [0.2, 0.25) is 0 Å². The van der Waals surface area contributed by atoms with Crippen LogP contribution in [-0.4, -0.2) is 49.4 Å². The Kier molecular flexibility index (Phi) is 5.27. The number of fused-ring (bicyclic) bond motifs is 1. The number of carbonyl (C=O) groups is 1. The second kappa shape index (κ2) is 7.89. The summed E-state index contributed by atoms with van der Waals surface area (Å²) in [6, 6.07) is 5.85. The fourth-order valence-corrected chi connectivity index (χ4v) is 3.42. The highest BCUT2D eigenvalue weighted by molar-refractivity contribution is 5.80. The fourth-order valence-electron chi connectivity index (χ4n) is 3.42. The highest BCUT2D eigenvalue weighted by atomic mass is 19.1. The van der Waals surface area contributed by atoms with Crippen LogP contribution in [0.25, 0.3) is 11.0 Å². The molecule has 30 heavy (non-hydrogen) atoms. The molecule has 8 nitrogen and oxygen atoms in total. The maximum Gasteiger partial charge on any atom is 0.410 e. The molecule has 1 aromatic carbocycles. The molecule has 3 heterocycles. The van der Waals surface area contributed by atoms with E-state index in [1.54, 1.807) is 23.2 Å².